The summed E-state index contributed by atoms with van der Waals surface area (Å²) in [5.41, 5.74) is -2.25. The fourth-order valence-corrected chi connectivity index (χ4v) is 7.70. The van der Waals surface area contributed by atoms with Gasteiger partial charge in [0.2, 0.25) is 17.7 Å². The van der Waals surface area contributed by atoms with E-state index in [0.29, 0.717) is 19.6 Å². The minimum Gasteiger partial charge on any atom is -0.394 e. The van der Waals surface area contributed by atoms with E-state index in [-0.39, 0.29) is 36.3 Å². The number of hydrogen-bond acceptors (Lipinski definition) is 5. The first kappa shape index (κ1) is 26.4. The highest BCUT2D eigenvalue weighted by molar-refractivity contribution is 6.00. The van der Waals surface area contributed by atoms with Crippen LogP contribution in [-0.2, 0) is 19.1 Å². The Bertz CT molecular complexity index is 988. The summed E-state index contributed by atoms with van der Waals surface area (Å²) in [6.07, 6.45) is 13.9. The van der Waals surface area contributed by atoms with E-state index in [1.54, 1.807) is 4.90 Å². The van der Waals surface area contributed by atoms with E-state index >= 15 is 0 Å². The van der Waals surface area contributed by atoms with Gasteiger partial charge in [0.05, 0.1) is 30.1 Å². The summed E-state index contributed by atoms with van der Waals surface area (Å²) >= 11 is 0. The Hall–Kier alpha value is -2.19. The van der Waals surface area contributed by atoms with Crippen molar-refractivity contribution in [3.05, 3.63) is 24.3 Å². The second-order valence-corrected chi connectivity index (χ2v) is 12.1. The lowest BCUT2D eigenvalue weighted by molar-refractivity contribution is -0.158. The van der Waals surface area contributed by atoms with Gasteiger partial charge in [0.25, 0.3) is 0 Å². The van der Waals surface area contributed by atoms with Crippen molar-refractivity contribution in [1.29, 1.82) is 0 Å². The maximum atomic E-state index is 14.5. The van der Waals surface area contributed by atoms with Crippen molar-refractivity contribution in [3.63, 3.8) is 0 Å². The predicted octanol–water partition coefficient (Wildman–Crippen LogP) is 2.51. The first-order chi connectivity index (χ1) is 17.7. The number of carbonyl (C=O) groups is 3. The molecule has 0 radical (unpaired) electrons. The topological polar surface area (TPSA) is 90.4 Å². The van der Waals surface area contributed by atoms with E-state index in [2.05, 4.69) is 0 Å². The largest absolute Gasteiger partial charge is 0.394 e. The van der Waals surface area contributed by atoms with Gasteiger partial charge in [-0.2, -0.15) is 0 Å². The quantitative estimate of drug-likeness (QED) is 0.552. The minimum atomic E-state index is -1.26. The van der Waals surface area contributed by atoms with Gasteiger partial charge in [-0.3, -0.25) is 14.4 Å². The number of amides is 3. The Morgan fingerprint density at radius 1 is 1.00 bits per heavy atom. The Labute approximate surface area is 220 Å². The standard InChI is InChI=1S/C29H43N3O5/c1-5-15-30-16-9-13-28(4)22(25(30)34)23-26(35)32(21(18-33)19(2)3)24-27(36)31(20-11-7-6-8-12-20)17-10-14-29(23,24)37-28/h9-10,13-14,19-24,33H,5-8,11-12,15-18H2,1-4H3/t21-,22+,23-,24?,28-,29-/m0/s1. The molecule has 0 aromatic heterocycles. The van der Waals surface area contributed by atoms with Crippen molar-refractivity contribution < 1.29 is 24.2 Å². The smallest absolute Gasteiger partial charge is 0.249 e. The molecule has 1 saturated carbocycles. The van der Waals surface area contributed by atoms with E-state index in [0.717, 1.165) is 32.1 Å². The van der Waals surface area contributed by atoms with Crippen LogP contribution in [0.25, 0.3) is 0 Å². The summed E-state index contributed by atoms with van der Waals surface area (Å²) in [7, 11) is 0. The molecule has 5 rings (SSSR count). The molecule has 0 bridgehead atoms. The van der Waals surface area contributed by atoms with Crippen molar-refractivity contribution in [2.45, 2.75) is 95.5 Å². The number of rotatable bonds is 6. The predicted molar refractivity (Wildman–Crippen MR) is 139 cm³/mol. The SMILES string of the molecule is CCCN1CC=C[C@]2(C)O[C@]34C=CCN(C5CCCCC5)C(=O)C3N([C@@H](CO)C(C)C)C(=O)[C@@H]4[C@@H]2C1=O. The third kappa shape index (κ3) is 3.97. The molecule has 0 aromatic rings. The van der Waals surface area contributed by atoms with Crippen molar-refractivity contribution in [3.8, 4) is 0 Å². The maximum absolute atomic E-state index is 14.5. The summed E-state index contributed by atoms with van der Waals surface area (Å²) in [5, 5.41) is 10.4. The second kappa shape index (κ2) is 9.84. The number of carbonyl (C=O) groups excluding carboxylic acids is 3. The lowest BCUT2D eigenvalue weighted by Crippen LogP contribution is -2.60. The monoisotopic (exact) mass is 513 g/mol. The van der Waals surface area contributed by atoms with Crippen molar-refractivity contribution in [2.75, 3.05) is 26.2 Å². The van der Waals surface area contributed by atoms with E-state index in [1.807, 2.05) is 61.8 Å². The molecule has 4 aliphatic heterocycles. The molecule has 5 aliphatic rings. The van der Waals surface area contributed by atoms with E-state index in [4.69, 9.17) is 4.74 Å². The molecule has 37 heavy (non-hydrogen) atoms. The number of aliphatic hydroxyl groups excluding tert-OH is 1. The first-order valence-electron chi connectivity index (χ1n) is 14.3. The molecular weight excluding hydrogens is 470 g/mol. The molecule has 3 amide bonds. The Morgan fingerprint density at radius 3 is 2.35 bits per heavy atom. The van der Waals surface area contributed by atoms with Gasteiger partial charge in [0.1, 0.15) is 11.6 Å². The molecule has 6 atom stereocenters. The van der Waals surface area contributed by atoms with Crippen LogP contribution in [0.15, 0.2) is 24.3 Å². The lowest BCUT2D eigenvalue weighted by atomic mass is 9.74. The first-order valence-corrected chi connectivity index (χ1v) is 14.3. The molecule has 1 unspecified atom stereocenters. The number of nitrogens with zero attached hydrogens (tertiary/aromatic N) is 3. The number of likely N-dealkylation sites (tertiary alicyclic amines) is 1. The molecule has 1 N–H and O–H groups in total. The summed E-state index contributed by atoms with van der Waals surface area (Å²) < 4.78 is 6.89. The maximum Gasteiger partial charge on any atom is 0.249 e. The van der Waals surface area contributed by atoms with Gasteiger partial charge in [0.15, 0.2) is 0 Å². The minimum absolute atomic E-state index is 0.0688. The van der Waals surface area contributed by atoms with Crippen molar-refractivity contribution in [2.24, 2.45) is 17.8 Å². The van der Waals surface area contributed by atoms with Crippen LogP contribution < -0.4 is 0 Å². The summed E-state index contributed by atoms with van der Waals surface area (Å²) in [5.74, 6) is -2.09. The Morgan fingerprint density at radius 2 is 1.70 bits per heavy atom. The molecule has 3 fully saturated rings. The van der Waals surface area contributed by atoms with Gasteiger partial charge in [-0.05, 0) is 32.1 Å². The van der Waals surface area contributed by atoms with Gasteiger partial charge in [-0.1, -0.05) is 64.3 Å². The van der Waals surface area contributed by atoms with Crippen LogP contribution in [0.3, 0.4) is 0 Å². The fraction of sp³-hybridized carbons (Fsp3) is 0.759. The van der Waals surface area contributed by atoms with Gasteiger partial charge in [-0.25, -0.2) is 0 Å². The van der Waals surface area contributed by atoms with Gasteiger partial charge >= 0.3 is 0 Å². The van der Waals surface area contributed by atoms with Gasteiger partial charge in [-0.15, -0.1) is 0 Å². The number of aliphatic hydroxyl groups is 1. The van der Waals surface area contributed by atoms with Crippen LogP contribution in [-0.4, -0.2) is 93.1 Å². The average molecular weight is 514 g/mol. The highest BCUT2D eigenvalue weighted by atomic mass is 16.5. The van der Waals surface area contributed by atoms with Crippen molar-refractivity contribution >= 4 is 17.7 Å². The molecule has 1 aliphatic carbocycles. The lowest BCUT2D eigenvalue weighted by Gasteiger charge is -2.43. The van der Waals surface area contributed by atoms with E-state index in [1.165, 1.54) is 6.42 Å². The van der Waals surface area contributed by atoms with E-state index in [9.17, 15) is 19.5 Å². The van der Waals surface area contributed by atoms with Crippen LogP contribution in [0.4, 0.5) is 0 Å². The van der Waals surface area contributed by atoms with Gasteiger partial charge < -0.3 is 24.5 Å². The highest BCUT2D eigenvalue weighted by Crippen LogP contribution is 2.58. The van der Waals surface area contributed by atoms with Crippen molar-refractivity contribution in [1.82, 2.24) is 14.7 Å². The highest BCUT2D eigenvalue weighted by Gasteiger charge is 2.75. The van der Waals surface area contributed by atoms with Crippen LogP contribution in [0.1, 0.15) is 66.2 Å². The molecule has 8 nitrogen and oxygen atoms in total. The Kier molecular flexibility index (Phi) is 7.03. The summed E-state index contributed by atoms with van der Waals surface area (Å²) in [6.45, 7) is 9.14. The second-order valence-electron chi connectivity index (χ2n) is 12.1. The molecule has 8 heteroatoms. The zero-order valence-corrected chi connectivity index (χ0v) is 22.8. The zero-order chi connectivity index (χ0) is 26.5. The van der Waals surface area contributed by atoms with Gasteiger partial charge in [0, 0.05) is 25.7 Å². The number of hydrogen-bond donors (Lipinski definition) is 1. The third-order valence-electron chi connectivity index (χ3n) is 9.43. The fourth-order valence-electron chi connectivity index (χ4n) is 7.70. The summed E-state index contributed by atoms with van der Waals surface area (Å²) in [6, 6.07) is -1.32. The molecule has 204 valence electrons. The molecule has 1 spiro atoms. The number of ether oxygens (including phenoxy) is 1. The van der Waals surface area contributed by atoms with Crippen LogP contribution in [0.2, 0.25) is 0 Å². The van der Waals surface area contributed by atoms with Crippen LogP contribution in [0.5, 0.6) is 0 Å². The molecule has 4 heterocycles. The number of fused-ring (bicyclic) bond motifs is 2. The summed E-state index contributed by atoms with van der Waals surface area (Å²) in [4.78, 5) is 48.3. The Balaban J connectivity index is 1.64. The third-order valence-corrected chi connectivity index (χ3v) is 9.43. The average Bonchev–Trinajstić information content (AvgIpc) is 3.14. The molecular formula is C29H43N3O5. The van der Waals surface area contributed by atoms with Crippen LogP contribution >= 0.6 is 0 Å². The normalized spacial score (nSPS) is 37.1. The molecule has 2 saturated heterocycles. The molecule has 0 aromatic carbocycles. The van der Waals surface area contributed by atoms with E-state index < -0.39 is 35.1 Å². The van der Waals surface area contributed by atoms with Crippen LogP contribution in [0, 0.1) is 17.8 Å². The zero-order valence-electron chi connectivity index (χ0n) is 22.8.